The summed E-state index contributed by atoms with van der Waals surface area (Å²) in [7, 11) is -4.97. The molecule has 0 spiro atoms. The zero-order valence-corrected chi connectivity index (χ0v) is 25.7. The Kier molecular flexibility index (Phi) is 7.73. The molecule has 2 bridgehead atoms. The molecule has 45 heavy (non-hydrogen) atoms. The summed E-state index contributed by atoms with van der Waals surface area (Å²) < 4.78 is 49.8. The number of nitrogens with zero attached hydrogens (tertiary/aromatic N) is 5. The number of aromatic amines is 1. The molecule has 7 heterocycles. The van der Waals surface area contributed by atoms with Gasteiger partial charge in [-0.1, -0.05) is 0 Å². The molecule has 4 aromatic heterocycles. The summed E-state index contributed by atoms with van der Waals surface area (Å²) in [5, 5.41) is 23.0. The van der Waals surface area contributed by atoms with Gasteiger partial charge in [-0.2, -0.15) is 0 Å². The van der Waals surface area contributed by atoms with Crippen molar-refractivity contribution in [1.82, 2.24) is 29.1 Å². The zero-order chi connectivity index (χ0) is 31.8. The molecule has 0 radical (unpaired) electrons. The van der Waals surface area contributed by atoms with Gasteiger partial charge in [-0.3, -0.25) is 18.4 Å². The number of hydrogen-bond donors (Lipinski definition) is 6. The second-order valence-electron chi connectivity index (χ2n) is 10.6. The number of fused-ring (bicyclic) bond motifs is 5. The third-order valence-electron chi connectivity index (χ3n) is 7.72. The van der Waals surface area contributed by atoms with E-state index in [4.69, 9.17) is 45.1 Å². The van der Waals surface area contributed by atoms with E-state index in [1.54, 1.807) is 13.0 Å². The predicted molar refractivity (Wildman–Crippen MR) is 155 cm³/mol. The first-order valence-electron chi connectivity index (χ1n) is 13.4. The van der Waals surface area contributed by atoms with Gasteiger partial charge in [0, 0.05) is 12.4 Å². The number of aromatic nitrogens is 6. The van der Waals surface area contributed by atoms with Crippen molar-refractivity contribution < 1.29 is 52.1 Å². The van der Waals surface area contributed by atoms with Crippen LogP contribution in [0.5, 0.6) is 0 Å². The number of aliphatic hydroxyl groups is 2. The van der Waals surface area contributed by atoms with E-state index in [9.17, 15) is 29.4 Å². The number of hydrogen-bond acceptors (Lipinski definition) is 15. The predicted octanol–water partition coefficient (Wildman–Crippen LogP) is -0.289. The van der Waals surface area contributed by atoms with Crippen LogP contribution in [0.2, 0.25) is 0 Å². The molecule has 4 aromatic rings. The maximum Gasteiger partial charge on any atom is 0.472 e. The molecule has 3 aliphatic heterocycles. The molecule has 0 saturated carbocycles. The Labute approximate surface area is 257 Å². The van der Waals surface area contributed by atoms with Crippen molar-refractivity contribution in [3.8, 4) is 0 Å². The first-order valence-corrected chi connectivity index (χ1v) is 17.5. The van der Waals surface area contributed by atoms with Gasteiger partial charge in [0.1, 0.15) is 65.9 Å². The summed E-state index contributed by atoms with van der Waals surface area (Å²) in [6.07, 6.45) is -6.94. The summed E-state index contributed by atoms with van der Waals surface area (Å²) in [6.45, 7) is -3.92. The summed E-state index contributed by atoms with van der Waals surface area (Å²) >= 11 is 5.26. The molecule has 7 N–H and O–H groups in total. The van der Waals surface area contributed by atoms with Gasteiger partial charge in [-0.25, -0.2) is 19.5 Å². The van der Waals surface area contributed by atoms with Gasteiger partial charge in [-0.05, 0) is 30.9 Å². The fourth-order valence-electron chi connectivity index (χ4n) is 5.66. The molecular weight excluding hydrogens is 660 g/mol. The number of phosphoric ester groups is 1. The molecule has 10 atom stereocenters. The first-order chi connectivity index (χ1) is 21.3. The number of nitrogens with one attached hydrogen (secondary N) is 1. The Morgan fingerprint density at radius 1 is 0.956 bits per heavy atom. The van der Waals surface area contributed by atoms with Crippen LogP contribution in [0.15, 0.2) is 35.6 Å². The lowest BCUT2D eigenvalue weighted by molar-refractivity contribution is -0.0634. The Hall–Kier alpha value is -2.68. The van der Waals surface area contributed by atoms with E-state index in [0.717, 1.165) is 0 Å². The average molecular weight is 688 g/mol. The van der Waals surface area contributed by atoms with Gasteiger partial charge in [0.15, 0.2) is 12.5 Å². The quantitative estimate of drug-likeness (QED) is 0.148. The molecule has 3 fully saturated rings. The topological polar surface area (TPSA) is 261 Å². The number of nitrogen functional groups attached to an aromatic ring is 1. The Balaban J connectivity index is 1.21. The van der Waals surface area contributed by atoms with E-state index in [2.05, 4.69) is 19.9 Å². The number of anilines is 1. The van der Waals surface area contributed by atoms with E-state index in [0.29, 0.717) is 16.9 Å². The van der Waals surface area contributed by atoms with Gasteiger partial charge in [0.25, 0.3) is 5.56 Å². The van der Waals surface area contributed by atoms with Crippen molar-refractivity contribution in [3.05, 3.63) is 47.0 Å². The summed E-state index contributed by atoms with van der Waals surface area (Å²) in [6, 6.07) is 3.08. The number of rotatable bonds is 2. The third kappa shape index (κ3) is 5.55. The average Bonchev–Trinajstić information content (AvgIpc) is 3.72. The normalized spacial score (nSPS) is 37.7. The molecule has 242 valence electrons. The van der Waals surface area contributed by atoms with Gasteiger partial charge in [0.05, 0.1) is 24.0 Å². The lowest BCUT2D eigenvalue weighted by Gasteiger charge is -2.27. The Morgan fingerprint density at radius 3 is 2.42 bits per heavy atom. The van der Waals surface area contributed by atoms with Gasteiger partial charge in [-0.15, -0.1) is 0 Å². The molecule has 22 heteroatoms. The Bertz CT molecular complexity index is 1940. The molecule has 0 amide bonds. The highest BCUT2D eigenvalue weighted by Gasteiger charge is 2.53. The second kappa shape index (κ2) is 11.2. The fraction of sp³-hybridized carbons (Fsp3) is 0.478. The lowest BCUT2D eigenvalue weighted by Crippen LogP contribution is -2.36. The highest BCUT2D eigenvalue weighted by atomic mass is 32.5. The smallest absolute Gasteiger partial charge is 0.387 e. The van der Waals surface area contributed by atoms with E-state index in [1.807, 2.05) is 0 Å². The summed E-state index contributed by atoms with van der Waals surface area (Å²) in [4.78, 5) is 49.3. The number of nitrogens with two attached hydrogens (primary N) is 1. The fourth-order valence-corrected chi connectivity index (χ4v) is 8.04. The molecule has 0 aromatic carbocycles. The number of aliphatic hydroxyl groups excluding tert-OH is 2. The molecule has 3 saturated heterocycles. The van der Waals surface area contributed by atoms with Crippen molar-refractivity contribution >= 4 is 54.2 Å². The van der Waals surface area contributed by atoms with Crippen molar-refractivity contribution in [2.75, 3.05) is 18.9 Å². The standard InChI is InChI=1S/C23H27N7O12P2S/c1-9-27-20-11(21(33)28-9)3-5-30(20)23-17-14(31)12(39-23)6-37-43(34,35)41-16-13(7-38-44(36,45)42-17)40-22(15(16)32)29-4-2-10-18(24)25-8-26-19(10)29/h2-5,8,12-17,22-23,31-32H,6-7H2,1H3,(H,34,35)(H,36,45)(H2,24,25,26)(H,27,28,33)/t12-,13-,14?,15?,16+,17+,22-,23-,44?/m1/s1. The van der Waals surface area contributed by atoms with E-state index in [1.165, 1.54) is 33.9 Å². The largest absolute Gasteiger partial charge is 0.472 e. The minimum Gasteiger partial charge on any atom is -0.387 e. The van der Waals surface area contributed by atoms with Crippen LogP contribution in [-0.4, -0.2) is 98.9 Å². The molecule has 7 rings (SSSR count). The van der Waals surface area contributed by atoms with Crippen LogP contribution < -0.4 is 11.3 Å². The third-order valence-corrected chi connectivity index (χ3v) is 10.3. The molecule has 19 nitrogen and oxygen atoms in total. The van der Waals surface area contributed by atoms with Crippen LogP contribution in [0.1, 0.15) is 18.3 Å². The number of ether oxygens (including phenoxy) is 2. The SMILES string of the molecule is Cc1nc2c(ccn2[C@@H]2O[C@@H]3COP(=O)(O)O[C@@H]4C(O)[C@H](n5ccc6c(N)ncnc65)O[C@@H]4COP(O)(=S)O[C@H]2C3O)c(=O)[nH]1. The molecule has 3 aliphatic rings. The van der Waals surface area contributed by atoms with Crippen LogP contribution in [0.3, 0.4) is 0 Å². The number of H-pyrrole nitrogens is 1. The summed E-state index contributed by atoms with van der Waals surface area (Å²) in [5.41, 5.74) is 5.99. The van der Waals surface area contributed by atoms with Crippen molar-refractivity contribution in [2.45, 2.75) is 56.0 Å². The number of aryl methyl sites for hydroxylation is 1. The second-order valence-corrected chi connectivity index (χ2v) is 14.8. The summed E-state index contributed by atoms with van der Waals surface area (Å²) in [5.74, 6) is 0.484. The maximum absolute atomic E-state index is 13.1. The highest BCUT2D eigenvalue weighted by Crippen LogP contribution is 2.54. The molecular formula is C23H27N7O12P2S. The van der Waals surface area contributed by atoms with E-state index >= 15 is 0 Å². The van der Waals surface area contributed by atoms with Crippen molar-refractivity contribution in [1.29, 1.82) is 0 Å². The minimum atomic E-state index is -4.97. The van der Waals surface area contributed by atoms with E-state index < -0.39 is 82.4 Å². The zero-order valence-electron chi connectivity index (χ0n) is 23.1. The molecule has 0 aliphatic carbocycles. The van der Waals surface area contributed by atoms with Gasteiger partial charge >= 0.3 is 14.5 Å². The van der Waals surface area contributed by atoms with Crippen LogP contribution >= 0.6 is 14.5 Å². The Morgan fingerprint density at radius 2 is 1.64 bits per heavy atom. The maximum atomic E-state index is 13.1. The van der Waals surface area contributed by atoms with Gasteiger partial charge < -0.3 is 53.8 Å². The molecule has 4 unspecified atom stereocenters. The lowest BCUT2D eigenvalue weighted by atomic mass is 10.1. The number of phosphoric acid groups is 1. The minimum absolute atomic E-state index is 0.180. The van der Waals surface area contributed by atoms with Crippen LogP contribution in [0.25, 0.3) is 22.1 Å². The highest BCUT2D eigenvalue weighted by molar-refractivity contribution is 8.07. The van der Waals surface area contributed by atoms with Crippen molar-refractivity contribution in [3.63, 3.8) is 0 Å². The monoisotopic (exact) mass is 687 g/mol. The van der Waals surface area contributed by atoms with Gasteiger partial charge in [0.2, 0.25) is 0 Å². The van der Waals surface area contributed by atoms with Crippen molar-refractivity contribution in [2.24, 2.45) is 0 Å². The van der Waals surface area contributed by atoms with Crippen LogP contribution in [0, 0.1) is 6.92 Å². The first kappa shape index (κ1) is 30.9. The van der Waals surface area contributed by atoms with Crippen LogP contribution in [-0.2, 0) is 43.9 Å². The van der Waals surface area contributed by atoms with E-state index in [-0.39, 0.29) is 16.9 Å². The van der Waals surface area contributed by atoms with Crippen LogP contribution in [0.4, 0.5) is 5.82 Å².